The fraction of sp³-hybridized carbons (Fsp3) is 0.538. The Morgan fingerprint density at radius 2 is 2.05 bits per heavy atom. The van der Waals surface area contributed by atoms with E-state index in [-0.39, 0.29) is 4.90 Å². The number of methoxy groups -OCH3 is 1. The SMILES string of the molecule is COCCCN(C)S(=O)(=O)c1ccc(C)c(CCl)c1. The van der Waals surface area contributed by atoms with E-state index in [1.807, 2.05) is 6.92 Å². The van der Waals surface area contributed by atoms with Crippen molar-refractivity contribution in [1.29, 1.82) is 0 Å². The molecule has 0 spiro atoms. The number of hydrogen-bond acceptors (Lipinski definition) is 3. The first-order valence-corrected chi connectivity index (χ1v) is 8.01. The molecule has 19 heavy (non-hydrogen) atoms. The average Bonchev–Trinajstić information content (AvgIpc) is 2.39. The third kappa shape index (κ3) is 4.18. The van der Waals surface area contributed by atoms with Crippen LogP contribution in [0.15, 0.2) is 23.1 Å². The van der Waals surface area contributed by atoms with Crippen LogP contribution < -0.4 is 0 Å². The van der Waals surface area contributed by atoms with Crippen LogP contribution in [0.25, 0.3) is 0 Å². The minimum Gasteiger partial charge on any atom is -0.385 e. The molecule has 108 valence electrons. The molecule has 0 N–H and O–H groups in total. The van der Waals surface area contributed by atoms with Gasteiger partial charge in [0.25, 0.3) is 0 Å². The van der Waals surface area contributed by atoms with E-state index in [9.17, 15) is 8.42 Å². The summed E-state index contributed by atoms with van der Waals surface area (Å²) in [6, 6.07) is 5.05. The summed E-state index contributed by atoms with van der Waals surface area (Å²) in [5.41, 5.74) is 1.84. The molecule has 0 aliphatic rings. The summed E-state index contributed by atoms with van der Waals surface area (Å²) in [7, 11) is -0.277. The van der Waals surface area contributed by atoms with Gasteiger partial charge in [0.05, 0.1) is 4.90 Å². The molecule has 0 bridgehead atoms. The Kier molecular flexibility index (Phi) is 6.26. The first-order chi connectivity index (χ1) is 8.93. The van der Waals surface area contributed by atoms with Crippen LogP contribution in [0.2, 0.25) is 0 Å². The Morgan fingerprint density at radius 1 is 1.37 bits per heavy atom. The van der Waals surface area contributed by atoms with Crippen molar-refractivity contribution in [3.05, 3.63) is 29.3 Å². The van der Waals surface area contributed by atoms with Crippen LogP contribution >= 0.6 is 11.6 Å². The molecule has 0 saturated heterocycles. The second-order valence-electron chi connectivity index (χ2n) is 4.39. The lowest BCUT2D eigenvalue weighted by Gasteiger charge is -2.17. The molecular weight excluding hydrogens is 286 g/mol. The van der Waals surface area contributed by atoms with Gasteiger partial charge in [-0.3, -0.25) is 0 Å². The zero-order valence-electron chi connectivity index (χ0n) is 11.5. The molecule has 0 atom stereocenters. The highest BCUT2D eigenvalue weighted by molar-refractivity contribution is 7.89. The van der Waals surface area contributed by atoms with E-state index in [1.54, 1.807) is 32.4 Å². The largest absolute Gasteiger partial charge is 0.385 e. The first-order valence-electron chi connectivity index (χ1n) is 6.04. The normalized spacial score (nSPS) is 12.1. The van der Waals surface area contributed by atoms with E-state index in [2.05, 4.69) is 0 Å². The Balaban J connectivity index is 2.93. The van der Waals surface area contributed by atoms with Crippen molar-refractivity contribution < 1.29 is 13.2 Å². The van der Waals surface area contributed by atoms with E-state index < -0.39 is 10.0 Å². The number of alkyl halides is 1. The van der Waals surface area contributed by atoms with Crippen molar-refractivity contribution >= 4 is 21.6 Å². The van der Waals surface area contributed by atoms with Gasteiger partial charge in [0.2, 0.25) is 10.0 Å². The summed E-state index contributed by atoms with van der Waals surface area (Å²) in [5.74, 6) is 0.308. The van der Waals surface area contributed by atoms with Crippen molar-refractivity contribution in [2.24, 2.45) is 0 Å². The molecule has 0 saturated carbocycles. The summed E-state index contributed by atoms with van der Waals surface area (Å²) >= 11 is 5.81. The molecule has 1 rings (SSSR count). The van der Waals surface area contributed by atoms with E-state index in [4.69, 9.17) is 16.3 Å². The number of aryl methyl sites for hydroxylation is 1. The maximum absolute atomic E-state index is 12.3. The highest BCUT2D eigenvalue weighted by Gasteiger charge is 2.20. The Bertz CT molecular complexity index is 517. The Labute approximate surface area is 120 Å². The van der Waals surface area contributed by atoms with Gasteiger partial charge in [-0.1, -0.05) is 6.07 Å². The zero-order valence-corrected chi connectivity index (χ0v) is 13.1. The number of halogens is 1. The van der Waals surface area contributed by atoms with Gasteiger partial charge in [-0.25, -0.2) is 12.7 Å². The standard InChI is InChI=1S/C13H20ClNO3S/c1-11-5-6-13(9-12(11)10-14)19(16,17)15(2)7-4-8-18-3/h5-6,9H,4,7-8,10H2,1-3H3. The first kappa shape index (κ1) is 16.4. The third-order valence-corrected chi connectivity index (χ3v) is 5.14. The minimum atomic E-state index is -3.45. The van der Waals surface area contributed by atoms with Gasteiger partial charge < -0.3 is 4.74 Å². The maximum atomic E-state index is 12.3. The van der Waals surface area contributed by atoms with Crippen molar-refractivity contribution in [2.45, 2.75) is 24.1 Å². The van der Waals surface area contributed by atoms with Crippen LogP contribution in [0.4, 0.5) is 0 Å². The summed E-state index contributed by atoms with van der Waals surface area (Å²) in [6.07, 6.45) is 0.667. The molecule has 1 aromatic rings. The molecule has 0 aromatic heterocycles. The molecule has 1 aromatic carbocycles. The highest BCUT2D eigenvalue weighted by atomic mass is 35.5. The van der Waals surface area contributed by atoms with Gasteiger partial charge in [-0.05, 0) is 36.6 Å². The smallest absolute Gasteiger partial charge is 0.242 e. The van der Waals surface area contributed by atoms with Crippen LogP contribution in [0.5, 0.6) is 0 Å². The summed E-state index contributed by atoms with van der Waals surface area (Å²) in [6.45, 7) is 2.89. The lowest BCUT2D eigenvalue weighted by Crippen LogP contribution is -2.28. The third-order valence-electron chi connectivity index (χ3n) is 2.99. The topological polar surface area (TPSA) is 46.6 Å². The van der Waals surface area contributed by atoms with E-state index in [1.165, 1.54) is 4.31 Å². The number of ether oxygens (including phenoxy) is 1. The molecule has 0 amide bonds. The molecular formula is C13H20ClNO3S. The number of hydrogen-bond donors (Lipinski definition) is 0. The molecule has 0 radical (unpaired) electrons. The van der Waals surface area contributed by atoms with Crippen molar-refractivity contribution in [3.8, 4) is 0 Å². The van der Waals surface area contributed by atoms with Crippen LogP contribution in [0.1, 0.15) is 17.5 Å². The van der Waals surface area contributed by atoms with Gasteiger partial charge in [0.15, 0.2) is 0 Å². The van der Waals surface area contributed by atoms with Gasteiger partial charge >= 0.3 is 0 Å². The lowest BCUT2D eigenvalue weighted by molar-refractivity contribution is 0.189. The van der Waals surface area contributed by atoms with Crippen molar-refractivity contribution in [3.63, 3.8) is 0 Å². The van der Waals surface area contributed by atoms with E-state index in [0.717, 1.165) is 11.1 Å². The van der Waals surface area contributed by atoms with Crippen LogP contribution in [0, 0.1) is 6.92 Å². The minimum absolute atomic E-state index is 0.286. The number of rotatable bonds is 7. The Morgan fingerprint density at radius 3 is 2.63 bits per heavy atom. The summed E-state index contributed by atoms with van der Waals surface area (Å²) in [4.78, 5) is 0.286. The second kappa shape index (κ2) is 7.24. The van der Waals surface area contributed by atoms with Crippen molar-refractivity contribution in [1.82, 2.24) is 4.31 Å². The number of benzene rings is 1. The summed E-state index contributed by atoms with van der Waals surface area (Å²) in [5, 5.41) is 0. The predicted molar refractivity (Wildman–Crippen MR) is 77.0 cm³/mol. The van der Waals surface area contributed by atoms with Gasteiger partial charge in [0.1, 0.15) is 0 Å². The molecule has 0 heterocycles. The quantitative estimate of drug-likeness (QED) is 0.574. The highest BCUT2D eigenvalue weighted by Crippen LogP contribution is 2.20. The second-order valence-corrected chi connectivity index (χ2v) is 6.71. The molecule has 0 aliphatic heterocycles. The molecule has 0 aliphatic carbocycles. The fourth-order valence-corrected chi connectivity index (χ4v) is 3.23. The van der Waals surface area contributed by atoms with Crippen LogP contribution in [-0.4, -0.2) is 40.0 Å². The fourth-order valence-electron chi connectivity index (χ4n) is 1.68. The van der Waals surface area contributed by atoms with Gasteiger partial charge in [0, 0.05) is 33.2 Å². The Hall–Kier alpha value is -0.620. The number of sulfonamides is 1. The van der Waals surface area contributed by atoms with E-state index in [0.29, 0.717) is 25.5 Å². The summed E-state index contributed by atoms with van der Waals surface area (Å²) < 4.78 is 31.0. The molecule has 0 fully saturated rings. The molecule has 6 heteroatoms. The monoisotopic (exact) mass is 305 g/mol. The van der Waals surface area contributed by atoms with Crippen LogP contribution in [-0.2, 0) is 20.6 Å². The van der Waals surface area contributed by atoms with Gasteiger partial charge in [-0.2, -0.15) is 0 Å². The number of nitrogens with zero attached hydrogens (tertiary/aromatic N) is 1. The maximum Gasteiger partial charge on any atom is 0.242 e. The average molecular weight is 306 g/mol. The predicted octanol–water partition coefficient (Wildman–Crippen LogP) is 2.39. The molecule has 4 nitrogen and oxygen atoms in total. The van der Waals surface area contributed by atoms with Crippen LogP contribution in [0.3, 0.4) is 0 Å². The molecule has 0 unspecified atom stereocenters. The zero-order chi connectivity index (χ0) is 14.5. The van der Waals surface area contributed by atoms with Gasteiger partial charge in [-0.15, -0.1) is 11.6 Å². The van der Waals surface area contributed by atoms with Crippen molar-refractivity contribution in [2.75, 3.05) is 27.3 Å². The lowest BCUT2D eigenvalue weighted by atomic mass is 10.1. The van der Waals surface area contributed by atoms with E-state index >= 15 is 0 Å².